The van der Waals surface area contributed by atoms with E-state index in [1.165, 1.54) is 0 Å². The summed E-state index contributed by atoms with van der Waals surface area (Å²) in [6.45, 7) is 1.95. The minimum absolute atomic E-state index is 0.0941. The zero-order chi connectivity index (χ0) is 10.5. The monoisotopic (exact) mass is 224 g/mol. The smallest absolute Gasteiger partial charge is 0.105 e. The molecule has 1 saturated heterocycles. The molecular formula is C11H12O3S. The maximum Gasteiger partial charge on any atom is 0.105 e. The Hall–Kier alpha value is -0.860. The van der Waals surface area contributed by atoms with Crippen molar-refractivity contribution in [3.8, 4) is 11.8 Å². The first kappa shape index (κ1) is 10.7. The maximum atomic E-state index is 8.54. The van der Waals surface area contributed by atoms with Crippen LogP contribution in [0.4, 0.5) is 0 Å². The van der Waals surface area contributed by atoms with Gasteiger partial charge in [-0.15, -0.1) is 11.3 Å². The Morgan fingerprint density at radius 1 is 1.53 bits per heavy atom. The number of ether oxygens (including phenoxy) is 2. The number of hydrogen-bond acceptors (Lipinski definition) is 4. The van der Waals surface area contributed by atoms with Crippen LogP contribution in [0.5, 0.6) is 0 Å². The second-order valence-electron chi connectivity index (χ2n) is 3.20. The van der Waals surface area contributed by atoms with Crippen LogP contribution in [0, 0.1) is 11.8 Å². The fraction of sp³-hybridized carbons (Fsp3) is 0.455. The van der Waals surface area contributed by atoms with E-state index in [1.54, 1.807) is 11.3 Å². The highest BCUT2D eigenvalue weighted by Crippen LogP contribution is 2.18. The minimum Gasteiger partial charge on any atom is -0.384 e. The van der Waals surface area contributed by atoms with Crippen molar-refractivity contribution in [2.24, 2.45) is 0 Å². The number of thiophene rings is 1. The van der Waals surface area contributed by atoms with Crippen LogP contribution < -0.4 is 0 Å². The lowest BCUT2D eigenvalue weighted by molar-refractivity contribution is -0.134. The van der Waals surface area contributed by atoms with Crippen LogP contribution in [0.3, 0.4) is 0 Å². The molecule has 4 heteroatoms. The van der Waals surface area contributed by atoms with E-state index in [0.717, 1.165) is 9.75 Å². The van der Waals surface area contributed by atoms with Gasteiger partial charge in [-0.1, -0.05) is 11.8 Å². The molecule has 2 heterocycles. The molecule has 0 unspecified atom stereocenters. The first-order valence-corrected chi connectivity index (χ1v) is 5.58. The van der Waals surface area contributed by atoms with E-state index in [0.29, 0.717) is 19.8 Å². The fourth-order valence-corrected chi connectivity index (χ4v) is 1.96. The predicted octanol–water partition coefficient (Wildman–Crippen LogP) is 1.01. The lowest BCUT2D eigenvalue weighted by Gasteiger charge is -2.25. The maximum absolute atomic E-state index is 8.54. The van der Waals surface area contributed by atoms with Gasteiger partial charge >= 0.3 is 0 Å². The van der Waals surface area contributed by atoms with Crippen molar-refractivity contribution in [2.45, 2.75) is 12.7 Å². The molecule has 2 rings (SSSR count). The quantitative estimate of drug-likeness (QED) is 0.779. The van der Waals surface area contributed by atoms with Crippen molar-refractivity contribution in [2.75, 3.05) is 19.8 Å². The molecule has 0 saturated carbocycles. The molecule has 0 atom stereocenters. The molecule has 0 amide bonds. The van der Waals surface area contributed by atoms with Gasteiger partial charge in [-0.05, 0) is 12.1 Å². The summed E-state index contributed by atoms with van der Waals surface area (Å²) in [6, 6.07) is 3.95. The van der Waals surface area contributed by atoms with Crippen LogP contribution in [-0.2, 0) is 16.1 Å². The van der Waals surface area contributed by atoms with E-state index < -0.39 is 0 Å². The van der Waals surface area contributed by atoms with Gasteiger partial charge in [0.2, 0.25) is 0 Å². The summed E-state index contributed by atoms with van der Waals surface area (Å²) in [5, 5.41) is 8.54. The molecule has 0 bridgehead atoms. The molecular weight excluding hydrogens is 212 g/mol. The van der Waals surface area contributed by atoms with Gasteiger partial charge in [-0.2, -0.15) is 0 Å². The van der Waals surface area contributed by atoms with Crippen LogP contribution in [0.15, 0.2) is 12.1 Å². The summed E-state index contributed by atoms with van der Waals surface area (Å²) in [5.41, 5.74) is 0. The Morgan fingerprint density at radius 2 is 2.40 bits per heavy atom. The van der Waals surface area contributed by atoms with Crippen molar-refractivity contribution in [3.63, 3.8) is 0 Å². The Morgan fingerprint density at radius 3 is 3.07 bits per heavy atom. The third-order valence-electron chi connectivity index (χ3n) is 2.02. The van der Waals surface area contributed by atoms with Crippen molar-refractivity contribution in [1.82, 2.24) is 0 Å². The van der Waals surface area contributed by atoms with Crippen LogP contribution in [0.1, 0.15) is 9.75 Å². The number of aliphatic hydroxyl groups is 1. The molecule has 0 spiro atoms. The summed E-state index contributed by atoms with van der Waals surface area (Å²) in [5.74, 6) is 5.49. The SMILES string of the molecule is OCC#Cc1ccc(COC2COC2)s1. The topological polar surface area (TPSA) is 38.7 Å². The van der Waals surface area contributed by atoms with Crippen LogP contribution in [-0.4, -0.2) is 31.0 Å². The normalized spacial score (nSPS) is 15.5. The Balaban J connectivity index is 1.83. The van der Waals surface area contributed by atoms with Crippen molar-refractivity contribution in [3.05, 3.63) is 21.9 Å². The summed E-state index contributed by atoms with van der Waals surface area (Å²) in [7, 11) is 0. The number of aliphatic hydroxyl groups excluding tert-OH is 1. The highest BCUT2D eigenvalue weighted by molar-refractivity contribution is 7.12. The lowest BCUT2D eigenvalue weighted by atomic mass is 10.3. The molecule has 1 fully saturated rings. The first-order valence-electron chi connectivity index (χ1n) is 4.76. The molecule has 0 aromatic carbocycles. The van der Waals surface area contributed by atoms with Gasteiger partial charge in [0.15, 0.2) is 0 Å². The summed E-state index contributed by atoms with van der Waals surface area (Å²) in [4.78, 5) is 2.12. The predicted molar refractivity (Wildman–Crippen MR) is 57.7 cm³/mol. The summed E-state index contributed by atoms with van der Waals surface area (Å²) in [6.07, 6.45) is 0.263. The molecule has 3 nitrogen and oxygen atoms in total. The van der Waals surface area contributed by atoms with Gasteiger partial charge < -0.3 is 14.6 Å². The van der Waals surface area contributed by atoms with Crippen molar-refractivity contribution < 1.29 is 14.6 Å². The molecule has 1 aliphatic rings. The van der Waals surface area contributed by atoms with Gasteiger partial charge in [0, 0.05) is 4.88 Å². The highest BCUT2D eigenvalue weighted by Gasteiger charge is 2.18. The molecule has 0 radical (unpaired) electrons. The van der Waals surface area contributed by atoms with Crippen molar-refractivity contribution in [1.29, 1.82) is 0 Å². The van der Waals surface area contributed by atoms with Gasteiger partial charge in [0.05, 0.1) is 24.7 Å². The fourth-order valence-electron chi connectivity index (χ4n) is 1.16. The summed E-state index contributed by atoms with van der Waals surface area (Å²) < 4.78 is 10.6. The minimum atomic E-state index is -0.0941. The van der Waals surface area contributed by atoms with E-state index in [-0.39, 0.29) is 12.7 Å². The van der Waals surface area contributed by atoms with Crippen LogP contribution in [0.25, 0.3) is 0 Å². The zero-order valence-corrected chi connectivity index (χ0v) is 9.05. The standard InChI is InChI=1S/C11H12O3S/c12-5-1-2-10-3-4-11(15-10)8-14-9-6-13-7-9/h3-4,9,12H,5-8H2. The van der Waals surface area contributed by atoms with Gasteiger partial charge in [-0.3, -0.25) is 0 Å². The van der Waals surface area contributed by atoms with E-state index in [1.807, 2.05) is 12.1 Å². The van der Waals surface area contributed by atoms with E-state index in [2.05, 4.69) is 11.8 Å². The largest absolute Gasteiger partial charge is 0.384 e. The van der Waals surface area contributed by atoms with Crippen LogP contribution >= 0.6 is 11.3 Å². The van der Waals surface area contributed by atoms with Crippen molar-refractivity contribution >= 4 is 11.3 Å². The second kappa shape index (κ2) is 5.29. The third kappa shape index (κ3) is 3.05. The molecule has 1 aromatic heterocycles. The molecule has 80 valence electrons. The van der Waals surface area contributed by atoms with E-state index >= 15 is 0 Å². The zero-order valence-electron chi connectivity index (χ0n) is 8.23. The van der Waals surface area contributed by atoms with Gasteiger partial charge in [0.25, 0.3) is 0 Å². The number of rotatable bonds is 3. The van der Waals surface area contributed by atoms with E-state index in [9.17, 15) is 0 Å². The Bertz CT molecular complexity index is 371. The lowest BCUT2D eigenvalue weighted by Crippen LogP contribution is -2.35. The van der Waals surface area contributed by atoms with Crippen LogP contribution in [0.2, 0.25) is 0 Å². The molecule has 1 aliphatic heterocycles. The third-order valence-corrected chi connectivity index (χ3v) is 3.00. The van der Waals surface area contributed by atoms with Gasteiger partial charge in [-0.25, -0.2) is 0 Å². The Labute approximate surface area is 92.6 Å². The highest BCUT2D eigenvalue weighted by atomic mass is 32.1. The van der Waals surface area contributed by atoms with Gasteiger partial charge in [0.1, 0.15) is 12.7 Å². The molecule has 15 heavy (non-hydrogen) atoms. The average Bonchev–Trinajstić information content (AvgIpc) is 2.60. The molecule has 0 aliphatic carbocycles. The number of hydrogen-bond donors (Lipinski definition) is 1. The summed E-state index contributed by atoms with van der Waals surface area (Å²) >= 11 is 1.60. The average molecular weight is 224 g/mol. The Kier molecular flexibility index (Phi) is 3.75. The molecule has 1 N–H and O–H groups in total. The second-order valence-corrected chi connectivity index (χ2v) is 4.36. The first-order chi connectivity index (χ1) is 7.38. The molecule has 1 aromatic rings. The van der Waals surface area contributed by atoms with E-state index in [4.69, 9.17) is 14.6 Å².